The quantitative estimate of drug-likeness (QED) is 0.705. The molecule has 0 aliphatic carbocycles. The molecule has 1 saturated heterocycles. The molecular formula is C10H21NO3S. The summed E-state index contributed by atoms with van der Waals surface area (Å²) in [6.07, 6.45) is 4.39. The predicted molar refractivity (Wildman–Crippen MR) is 60.3 cm³/mol. The minimum absolute atomic E-state index is 0.0883. The third-order valence-corrected chi connectivity index (χ3v) is 4.10. The molecule has 1 rings (SSSR count). The first-order valence-corrected chi connectivity index (χ1v) is 7.37. The average molecular weight is 235 g/mol. The Hall–Kier alpha value is -0.130. The van der Waals surface area contributed by atoms with Crippen molar-refractivity contribution < 1.29 is 13.2 Å². The fourth-order valence-electron chi connectivity index (χ4n) is 1.67. The topological polar surface area (TPSA) is 55.4 Å². The Balaban J connectivity index is 2.27. The van der Waals surface area contributed by atoms with Gasteiger partial charge >= 0.3 is 0 Å². The lowest BCUT2D eigenvalue weighted by Gasteiger charge is -2.22. The highest BCUT2D eigenvalue weighted by molar-refractivity contribution is 7.89. The number of hydrogen-bond donors (Lipinski definition) is 1. The van der Waals surface area contributed by atoms with E-state index in [1.165, 1.54) is 0 Å². The fourth-order valence-corrected chi connectivity index (χ4v) is 3.12. The van der Waals surface area contributed by atoms with Crippen LogP contribution in [0.25, 0.3) is 0 Å². The normalized spacial score (nSPS) is 19.3. The molecule has 1 aliphatic rings. The number of nitrogens with one attached hydrogen (secondary N) is 1. The number of hydrogen-bond acceptors (Lipinski definition) is 3. The summed E-state index contributed by atoms with van der Waals surface area (Å²) < 4.78 is 31.2. The van der Waals surface area contributed by atoms with E-state index in [-0.39, 0.29) is 11.8 Å². The predicted octanol–water partition coefficient (Wildman–Crippen LogP) is 1.27. The Bertz CT molecular complexity index is 258. The third-order valence-electron chi connectivity index (χ3n) is 2.58. The van der Waals surface area contributed by atoms with Crippen LogP contribution in [-0.2, 0) is 14.8 Å². The maximum absolute atomic E-state index is 11.6. The summed E-state index contributed by atoms with van der Waals surface area (Å²) in [5.74, 6) is 0.262. The van der Waals surface area contributed by atoms with Crippen LogP contribution >= 0.6 is 0 Å². The summed E-state index contributed by atoms with van der Waals surface area (Å²) in [7, 11) is -3.06. The van der Waals surface area contributed by atoms with Gasteiger partial charge in [-0.1, -0.05) is 19.8 Å². The molecular weight excluding hydrogens is 214 g/mol. The second-order valence-corrected chi connectivity index (χ2v) is 5.90. The van der Waals surface area contributed by atoms with E-state index < -0.39 is 10.0 Å². The van der Waals surface area contributed by atoms with Crippen molar-refractivity contribution in [1.29, 1.82) is 0 Å². The standard InChI is InChI=1S/C10H21NO3S/c1-2-3-4-9-15(12,13)11-10-5-7-14-8-6-10/h10-11H,2-9H2,1H3. The molecule has 1 N–H and O–H groups in total. The van der Waals surface area contributed by atoms with Crippen molar-refractivity contribution in [2.24, 2.45) is 0 Å². The minimum Gasteiger partial charge on any atom is -0.381 e. The highest BCUT2D eigenvalue weighted by Gasteiger charge is 2.19. The van der Waals surface area contributed by atoms with Crippen LogP contribution in [0.2, 0.25) is 0 Å². The van der Waals surface area contributed by atoms with Gasteiger partial charge in [-0.05, 0) is 19.3 Å². The lowest BCUT2D eigenvalue weighted by atomic mass is 10.1. The molecule has 5 heteroatoms. The Labute approximate surface area is 92.4 Å². The summed E-state index contributed by atoms with van der Waals surface area (Å²) >= 11 is 0. The molecule has 0 saturated carbocycles. The molecule has 0 bridgehead atoms. The second-order valence-electron chi connectivity index (χ2n) is 4.03. The van der Waals surface area contributed by atoms with E-state index in [2.05, 4.69) is 11.6 Å². The largest absolute Gasteiger partial charge is 0.381 e. The fraction of sp³-hybridized carbons (Fsp3) is 1.00. The summed E-state index contributed by atoms with van der Waals surface area (Å²) in [5, 5.41) is 0. The molecule has 0 aromatic heterocycles. The van der Waals surface area contributed by atoms with E-state index in [4.69, 9.17) is 4.74 Å². The highest BCUT2D eigenvalue weighted by Crippen LogP contribution is 2.08. The van der Waals surface area contributed by atoms with Gasteiger partial charge in [-0.25, -0.2) is 13.1 Å². The van der Waals surface area contributed by atoms with Gasteiger partial charge in [0.2, 0.25) is 10.0 Å². The van der Waals surface area contributed by atoms with Crippen molar-refractivity contribution in [3.8, 4) is 0 Å². The Morgan fingerprint density at radius 3 is 2.53 bits per heavy atom. The van der Waals surface area contributed by atoms with Crippen LogP contribution in [0.1, 0.15) is 39.0 Å². The van der Waals surface area contributed by atoms with Crippen molar-refractivity contribution >= 4 is 10.0 Å². The molecule has 0 aromatic carbocycles. The second kappa shape index (κ2) is 6.45. The van der Waals surface area contributed by atoms with Gasteiger partial charge < -0.3 is 4.74 Å². The van der Waals surface area contributed by atoms with E-state index >= 15 is 0 Å². The van der Waals surface area contributed by atoms with Crippen molar-refractivity contribution in [3.63, 3.8) is 0 Å². The zero-order chi connectivity index (χ0) is 11.1. The van der Waals surface area contributed by atoms with Crippen molar-refractivity contribution in [2.75, 3.05) is 19.0 Å². The number of sulfonamides is 1. The van der Waals surface area contributed by atoms with Crippen LogP contribution in [0.3, 0.4) is 0 Å². The first-order chi connectivity index (χ1) is 7.14. The Morgan fingerprint density at radius 1 is 1.27 bits per heavy atom. The molecule has 90 valence electrons. The zero-order valence-electron chi connectivity index (χ0n) is 9.37. The van der Waals surface area contributed by atoms with E-state index in [1.807, 2.05) is 0 Å². The SMILES string of the molecule is CCCCCS(=O)(=O)NC1CCOCC1. The Morgan fingerprint density at radius 2 is 1.93 bits per heavy atom. The van der Waals surface area contributed by atoms with E-state index in [0.717, 1.165) is 32.1 Å². The molecule has 0 amide bonds. The highest BCUT2D eigenvalue weighted by atomic mass is 32.2. The molecule has 0 radical (unpaired) electrons. The minimum atomic E-state index is -3.06. The summed E-state index contributed by atoms with van der Waals surface area (Å²) in [6.45, 7) is 3.41. The molecule has 15 heavy (non-hydrogen) atoms. The molecule has 1 aliphatic heterocycles. The molecule has 1 heterocycles. The van der Waals surface area contributed by atoms with Crippen molar-refractivity contribution in [2.45, 2.75) is 45.1 Å². The first-order valence-electron chi connectivity index (χ1n) is 5.72. The number of ether oxygens (including phenoxy) is 1. The van der Waals surface area contributed by atoms with Crippen LogP contribution in [0, 0.1) is 0 Å². The van der Waals surface area contributed by atoms with Crippen LogP contribution < -0.4 is 4.72 Å². The van der Waals surface area contributed by atoms with E-state index in [9.17, 15) is 8.42 Å². The molecule has 0 spiro atoms. The Kier molecular flexibility index (Phi) is 5.56. The number of unbranched alkanes of at least 4 members (excludes halogenated alkanes) is 2. The smallest absolute Gasteiger partial charge is 0.211 e. The van der Waals surface area contributed by atoms with Crippen LogP contribution in [-0.4, -0.2) is 33.4 Å². The molecule has 0 unspecified atom stereocenters. The van der Waals surface area contributed by atoms with Crippen molar-refractivity contribution in [1.82, 2.24) is 4.72 Å². The van der Waals surface area contributed by atoms with Crippen LogP contribution in [0.4, 0.5) is 0 Å². The molecule has 0 atom stereocenters. The number of rotatable bonds is 6. The maximum atomic E-state index is 11.6. The first kappa shape index (κ1) is 12.9. The summed E-state index contributed by atoms with van der Waals surface area (Å²) in [6, 6.07) is 0.0883. The average Bonchev–Trinajstić information content (AvgIpc) is 2.18. The van der Waals surface area contributed by atoms with E-state index in [0.29, 0.717) is 13.2 Å². The van der Waals surface area contributed by atoms with Gasteiger partial charge in [0.1, 0.15) is 0 Å². The van der Waals surface area contributed by atoms with Gasteiger partial charge in [0.15, 0.2) is 0 Å². The van der Waals surface area contributed by atoms with Crippen molar-refractivity contribution in [3.05, 3.63) is 0 Å². The third kappa shape index (κ3) is 5.49. The van der Waals surface area contributed by atoms with Gasteiger partial charge in [-0.15, -0.1) is 0 Å². The lowest BCUT2D eigenvalue weighted by molar-refractivity contribution is 0.0832. The maximum Gasteiger partial charge on any atom is 0.211 e. The van der Waals surface area contributed by atoms with Gasteiger partial charge in [-0.2, -0.15) is 0 Å². The van der Waals surface area contributed by atoms with Crippen LogP contribution in [0.5, 0.6) is 0 Å². The molecule has 1 fully saturated rings. The molecule has 4 nitrogen and oxygen atoms in total. The van der Waals surface area contributed by atoms with E-state index in [1.54, 1.807) is 0 Å². The van der Waals surface area contributed by atoms with Gasteiger partial charge in [0.25, 0.3) is 0 Å². The molecule has 0 aromatic rings. The zero-order valence-corrected chi connectivity index (χ0v) is 10.2. The van der Waals surface area contributed by atoms with Gasteiger partial charge in [0, 0.05) is 19.3 Å². The van der Waals surface area contributed by atoms with Crippen LogP contribution in [0.15, 0.2) is 0 Å². The summed E-state index contributed by atoms with van der Waals surface area (Å²) in [4.78, 5) is 0. The van der Waals surface area contributed by atoms with Gasteiger partial charge in [0.05, 0.1) is 5.75 Å². The van der Waals surface area contributed by atoms with Gasteiger partial charge in [-0.3, -0.25) is 0 Å². The monoisotopic (exact) mass is 235 g/mol. The summed E-state index contributed by atoms with van der Waals surface area (Å²) in [5.41, 5.74) is 0. The lowest BCUT2D eigenvalue weighted by Crippen LogP contribution is -2.39.